The highest BCUT2D eigenvalue weighted by molar-refractivity contribution is 5.78. The van der Waals surface area contributed by atoms with Gasteiger partial charge >= 0.3 is 17.9 Å². The maximum atomic E-state index is 11.0. The molecule has 0 spiro atoms. The van der Waals surface area contributed by atoms with Crippen molar-refractivity contribution in [1.29, 1.82) is 0 Å². The van der Waals surface area contributed by atoms with Crippen molar-refractivity contribution in [3.8, 4) is 0 Å². The minimum Gasteiger partial charge on any atom is -0.481 e. The summed E-state index contributed by atoms with van der Waals surface area (Å²) >= 11 is 0. The second kappa shape index (κ2) is 17.3. The van der Waals surface area contributed by atoms with Crippen LogP contribution in [0.5, 0.6) is 0 Å². The van der Waals surface area contributed by atoms with E-state index in [0.29, 0.717) is 13.0 Å². The molecule has 0 radical (unpaired) electrons. The van der Waals surface area contributed by atoms with E-state index >= 15 is 0 Å². The number of nitro groups is 1. The normalized spacial score (nSPS) is 16.8. The molecule has 1 aromatic heterocycles. The molecule has 1 saturated heterocycles. The van der Waals surface area contributed by atoms with Crippen molar-refractivity contribution in [2.75, 3.05) is 13.2 Å². The van der Waals surface area contributed by atoms with Crippen LogP contribution in [-0.4, -0.2) is 46.5 Å². The molecule has 0 saturated carbocycles. The van der Waals surface area contributed by atoms with Gasteiger partial charge in [0, 0.05) is 6.42 Å². The molecule has 0 bridgehead atoms. The van der Waals surface area contributed by atoms with Gasteiger partial charge in [-0.05, 0) is 37.7 Å². The van der Waals surface area contributed by atoms with Gasteiger partial charge in [-0.1, -0.05) is 69.9 Å². The van der Waals surface area contributed by atoms with Crippen LogP contribution in [0.25, 0.3) is 0 Å². The van der Waals surface area contributed by atoms with Crippen molar-refractivity contribution < 1.29 is 28.8 Å². The molecule has 10 heteroatoms. The summed E-state index contributed by atoms with van der Waals surface area (Å²) < 4.78 is 9.44. The first-order chi connectivity index (χ1) is 17.5. The Morgan fingerprint density at radius 2 is 1.78 bits per heavy atom. The topological polar surface area (TPSA) is 135 Å². The minimum absolute atomic E-state index is 0.200. The van der Waals surface area contributed by atoms with Gasteiger partial charge in [0.2, 0.25) is 0 Å². The van der Waals surface area contributed by atoms with Gasteiger partial charge in [-0.2, -0.15) is 10.1 Å². The fourth-order valence-corrected chi connectivity index (χ4v) is 4.16. The quantitative estimate of drug-likeness (QED) is 0.0868. The van der Waals surface area contributed by atoms with Crippen LogP contribution in [0, 0.1) is 16.0 Å². The Morgan fingerprint density at radius 3 is 2.31 bits per heavy atom. The number of cyclic esters (lactones) is 1. The van der Waals surface area contributed by atoms with Gasteiger partial charge in [0.05, 0.1) is 18.8 Å². The van der Waals surface area contributed by atoms with Crippen LogP contribution in [0.1, 0.15) is 95.7 Å². The average Bonchev–Trinajstić information content (AvgIpc) is 3.61. The number of hydrogen-bond donors (Lipinski definition) is 1. The summed E-state index contributed by atoms with van der Waals surface area (Å²) in [4.78, 5) is 31.0. The maximum absolute atomic E-state index is 11.0. The van der Waals surface area contributed by atoms with Crippen LogP contribution < -0.4 is 0 Å². The van der Waals surface area contributed by atoms with Crippen LogP contribution in [0.4, 0.5) is 10.7 Å². The molecular weight excluding hydrogens is 466 g/mol. The van der Waals surface area contributed by atoms with Crippen molar-refractivity contribution in [1.82, 2.24) is 5.01 Å². The molecule has 1 atom stereocenters. The molecule has 1 unspecified atom stereocenters. The fraction of sp³-hybridized carbons (Fsp3) is 0.654. The van der Waals surface area contributed by atoms with Crippen molar-refractivity contribution in [3.63, 3.8) is 0 Å². The van der Waals surface area contributed by atoms with E-state index < -0.39 is 17.0 Å². The zero-order chi connectivity index (χ0) is 26.0. The highest BCUT2D eigenvalue weighted by Crippen LogP contribution is 2.23. The highest BCUT2D eigenvalue weighted by Gasteiger charge is 2.21. The van der Waals surface area contributed by atoms with E-state index in [0.717, 1.165) is 23.8 Å². The molecule has 200 valence electrons. The lowest BCUT2D eigenvalue weighted by Gasteiger charge is -2.06. The van der Waals surface area contributed by atoms with Crippen LogP contribution in [0.3, 0.4) is 0 Å². The maximum Gasteiger partial charge on any atom is 0.433 e. The number of hydrazone groups is 1. The number of carbonyl (C=O) groups is 2. The minimum atomic E-state index is -0.655. The zero-order valence-corrected chi connectivity index (χ0v) is 21.0. The summed E-state index contributed by atoms with van der Waals surface area (Å²) in [6.45, 7) is 0.645. The number of ether oxygens (including phenoxy) is 1. The number of hydrogen-bond acceptors (Lipinski definition) is 7. The molecule has 2 heterocycles. The zero-order valence-electron chi connectivity index (χ0n) is 21.0. The van der Waals surface area contributed by atoms with E-state index in [9.17, 15) is 19.7 Å². The predicted octanol–water partition coefficient (Wildman–Crippen LogP) is 6.69. The van der Waals surface area contributed by atoms with Gasteiger partial charge < -0.3 is 14.3 Å². The number of carbonyl (C=O) groups excluding carboxylic acids is 1. The van der Waals surface area contributed by atoms with E-state index in [1.54, 1.807) is 0 Å². The largest absolute Gasteiger partial charge is 0.481 e. The van der Waals surface area contributed by atoms with Crippen LogP contribution in [0.15, 0.2) is 33.8 Å². The smallest absolute Gasteiger partial charge is 0.433 e. The van der Waals surface area contributed by atoms with Gasteiger partial charge in [0.25, 0.3) is 0 Å². The third-order valence-electron chi connectivity index (χ3n) is 6.18. The molecule has 1 aliphatic carbocycles. The van der Waals surface area contributed by atoms with E-state index in [-0.39, 0.29) is 18.3 Å². The number of carboxylic acid groups (broad SMARTS) is 1. The molecule has 0 aromatic carbocycles. The third-order valence-corrected chi connectivity index (χ3v) is 6.18. The average molecular weight is 506 g/mol. The second-order valence-corrected chi connectivity index (χ2v) is 9.15. The van der Waals surface area contributed by atoms with Gasteiger partial charge in [-0.15, -0.1) is 0 Å². The Kier molecular flexibility index (Phi) is 14.0. The van der Waals surface area contributed by atoms with E-state index in [1.807, 2.05) is 0 Å². The molecule has 10 nitrogen and oxygen atoms in total. The third kappa shape index (κ3) is 12.5. The van der Waals surface area contributed by atoms with Gasteiger partial charge in [-0.3, -0.25) is 14.9 Å². The first-order valence-corrected chi connectivity index (χ1v) is 13.1. The number of amides is 1. The van der Waals surface area contributed by atoms with Gasteiger partial charge in [0.1, 0.15) is 11.5 Å². The highest BCUT2D eigenvalue weighted by atomic mass is 16.6. The van der Waals surface area contributed by atoms with Crippen molar-refractivity contribution in [2.45, 2.75) is 89.9 Å². The first kappa shape index (κ1) is 29.1. The summed E-state index contributed by atoms with van der Waals surface area (Å²) in [5.41, 5.74) is 0. The lowest BCUT2D eigenvalue weighted by Crippen LogP contribution is -2.17. The molecule has 1 aromatic rings. The van der Waals surface area contributed by atoms with Gasteiger partial charge in [-0.25, -0.2) is 4.79 Å². The molecule has 1 fully saturated rings. The molecule has 3 rings (SSSR count). The van der Waals surface area contributed by atoms with Crippen molar-refractivity contribution in [3.05, 3.63) is 40.2 Å². The van der Waals surface area contributed by atoms with E-state index in [1.165, 1.54) is 89.0 Å². The van der Waals surface area contributed by atoms with Crippen molar-refractivity contribution in [2.24, 2.45) is 11.0 Å². The summed E-state index contributed by atoms with van der Waals surface area (Å²) in [6.07, 6.45) is 22.6. The fourth-order valence-electron chi connectivity index (χ4n) is 4.16. The van der Waals surface area contributed by atoms with Gasteiger partial charge in [0.15, 0.2) is 5.76 Å². The van der Waals surface area contributed by atoms with E-state index in [4.69, 9.17) is 9.52 Å². The Balaban J connectivity index is 0.000000259. The van der Waals surface area contributed by atoms with Crippen LogP contribution >= 0.6 is 0 Å². The van der Waals surface area contributed by atoms with E-state index in [2.05, 4.69) is 22.0 Å². The molecule has 1 amide bonds. The Bertz CT molecular complexity index is 865. The van der Waals surface area contributed by atoms with Crippen molar-refractivity contribution >= 4 is 24.2 Å². The number of allylic oxidation sites excluding steroid dienone is 2. The summed E-state index contributed by atoms with van der Waals surface area (Å²) in [6, 6.07) is 2.60. The summed E-state index contributed by atoms with van der Waals surface area (Å²) in [5.74, 6) is 0.0655. The number of aliphatic carboxylic acids is 1. The number of rotatable bonds is 16. The SMILES string of the molecule is O=C(O)CCCCCCCCCCCCC1C=CCC1.O=C1OCCN1N=Cc1ccc([N+](=O)[O-])o1. The molecular formula is C26H39N3O7. The Hall–Kier alpha value is -3.17. The number of furan rings is 1. The Morgan fingerprint density at radius 1 is 1.11 bits per heavy atom. The summed E-state index contributed by atoms with van der Waals surface area (Å²) in [5, 5.41) is 23.7. The number of unbranched alkanes of at least 4 members (excludes halogenated alkanes) is 9. The second-order valence-electron chi connectivity index (χ2n) is 9.15. The predicted molar refractivity (Wildman–Crippen MR) is 136 cm³/mol. The lowest BCUT2D eigenvalue weighted by atomic mass is 9.99. The van der Waals surface area contributed by atoms with Crippen LogP contribution in [-0.2, 0) is 9.53 Å². The lowest BCUT2D eigenvalue weighted by molar-refractivity contribution is -0.402. The van der Waals surface area contributed by atoms with Crippen LogP contribution in [0.2, 0.25) is 0 Å². The molecule has 1 aliphatic heterocycles. The monoisotopic (exact) mass is 505 g/mol. The standard InChI is InChI=1S/C18H32O2.C8H7N3O5/c19-18(20)16-10-8-6-4-2-1-3-5-7-9-13-17-14-11-12-15-17;12-8-10(3-4-15-8)9-5-6-1-2-7(16-6)11(13)14/h11,14,17H,1-10,12-13,15-16H2,(H,19,20);1-2,5H,3-4H2. The first-order valence-electron chi connectivity index (χ1n) is 13.1. The molecule has 2 aliphatic rings. The number of carboxylic acids is 1. The molecule has 36 heavy (non-hydrogen) atoms. The summed E-state index contributed by atoms with van der Waals surface area (Å²) in [7, 11) is 0. The molecule has 1 N–H and O–H groups in total. The number of nitrogens with zero attached hydrogens (tertiary/aromatic N) is 3. The Labute approximate surface area is 212 Å².